The Bertz CT molecular complexity index is 1990. The molecule has 0 spiro atoms. The summed E-state index contributed by atoms with van der Waals surface area (Å²) in [5, 5.41) is 0. The molecule has 0 fully saturated rings. The van der Waals surface area contributed by atoms with Gasteiger partial charge in [0.15, 0.2) is 5.78 Å². The number of benzene rings is 5. The maximum absolute atomic E-state index is 14.1. The molecule has 0 radical (unpaired) electrons. The van der Waals surface area contributed by atoms with Crippen LogP contribution in [-0.4, -0.2) is 27.1 Å². The first-order valence-corrected chi connectivity index (χ1v) is 20.6. The minimum atomic E-state index is -0.326. The normalized spacial score (nSPS) is 14.6. The standard InChI is InChI=1S/C50H58O7/c1-5-6-7-8-9-10-11-12-19-24-43(51)49-47(53-3)33-46(52-2)48(50(49)54-4)42-32-44(38-25-27-39(28-26-38)55-34-36-20-15-13-16-21-36)57-45-31-40(29-30-41(42)45)56-35-37-22-17-14-18-23-37/h13-18,20-23,25-31,33,42,44H,5-12,19,24,32,34-35H2,1-4H3/t42-,44-/m0/s1. The first kappa shape index (κ1) is 41.2. The van der Waals surface area contributed by atoms with Crippen LogP contribution in [0.15, 0.2) is 109 Å². The minimum Gasteiger partial charge on any atom is -0.496 e. The predicted molar refractivity (Wildman–Crippen MR) is 227 cm³/mol. The van der Waals surface area contributed by atoms with Gasteiger partial charge in [0.25, 0.3) is 0 Å². The SMILES string of the molecule is CCCCCCCCCCCC(=O)c1c(OC)cc(OC)c([C@H]2C[C@@H](c3ccc(OCc4ccccc4)cc3)Oc3cc(OCc4ccccc4)ccc32)c1OC. The second-order valence-corrected chi connectivity index (χ2v) is 14.8. The highest BCUT2D eigenvalue weighted by atomic mass is 16.5. The van der Waals surface area contributed by atoms with Crippen LogP contribution in [0.25, 0.3) is 0 Å². The third-order valence-corrected chi connectivity index (χ3v) is 10.9. The lowest BCUT2D eigenvalue weighted by Gasteiger charge is -2.35. The molecule has 5 aromatic rings. The number of methoxy groups -OCH3 is 3. The summed E-state index contributed by atoms with van der Waals surface area (Å²) in [5.74, 6) is 3.47. The van der Waals surface area contributed by atoms with E-state index in [9.17, 15) is 4.79 Å². The van der Waals surface area contributed by atoms with E-state index in [1.54, 1.807) is 21.3 Å². The van der Waals surface area contributed by atoms with E-state index in [0.29, 0.717) is 60.4 Å². The topological polar surface area (TPSA) is 72.5 Å². The maximum atomic E-state index is 14.1. The van der Waals surface area contributed by atoms with E-state index in [2.05, 4.69) is 37.3 Å². The summed E-state index contributed by atoms with van der Waals surface area (Å²) in [6.07, 6.45) is 11.3. The highest BCUT2D eigenvalue weighted by molar-refractivity contribution is 6.02. The number of ether oxygens (including phenoxy) is 6. The van der Waals surface area contributed by atoms with Gasteiger partial charge >= 0.3 is 0 Å². The van der Waals surface area contributed by atoms with Gasteiger partial charge in [0.05, 0.1) is 21.3 Å². The van der Waals surface area contributed by atoms with Crippen molar-refractivity contribution in [2.45, 2.75) is 103 Å². The van der Waals surface area contributed by atoms with Crippen molar-refractivity contribution in [1.82, 2.24) is 0 Å². The Morgan fingerprint density at radius 3 is 1.81 bits per heavy atom. The molecule has 0 bridgehead atoms. The number of unbranched alkanes of at least 4 members (excludes halogenated alkanes) is 8. The Kier molecular flexibility index (Phi) is 15.3. The second kappa shape index (κ2) is 21.2. The van der Waals surface area contributed by atoms with Gasteiger partial charge in [0, 0.05) is 35.6 Å². The molecule has 1 heterocycles. The molecule has 0 saturated heterocycles. The monoisotopic (exact) mass is 770 g/mol. The van der Waals surface area contributed by atoms with Crippen molar-refractivity contribution in [3.05, 3.63) is 143 Å². The average Bonchev–Trinajstić information content (AvgIpc) is 3.26. The molecule has 7 heteroatoms. The van der Waals surface area contributed by atoms with Gasteiger partial charge in [-0.15, -0.1) is 0 Å². The molecule has 0 saturated carbocycles. The third-order valence-electron chi connectivity index (χ3n) is 10.9. The zero-order valence-corrected chi connectivity index (χ0v) is 34.1. The second-order valence-electron chi connectivity index (χ2n) is 14.8. The largest absolute Gasteiger partial charge is 0.496 e. The van der Waals surface area contributed by atoms with Crippen LogP contribution in [0.4, 0.5) is 0 Å². The molecule has 6 rings (SSSR count). The molecule has 300 valence electrons. The maximum Gasteiger partial charge on any atom is 0.170 e. The smallest absolute Gasteiger partial charge is 0.170 e. The van der Waals surface area contributed by atoms with Crippen LogP contribution >= 0.6 is 0 Å². The van der Waals surface area contributed by atoms with Crippen molar-refractivity contribution in [1.29, 1.82) is 0 Å². The highest BCUT2D eigenvalue weighted by Crippen LogP contribution is 2.53. The number of rotatable bonds is 22. The molecule has 1 aliphatic rings. The van der Waals surface area contributed by atoms with Crippen molar-refractivity contribution >= 4 is 5.78 Å². The molecule has 0 aliphatic carbocycles. The molecule has 5 aromatic carbocycles. The summed E-state index contributed by atoms with van der Waals surface area (Å²) in [4.78, 5) is 14.1. The fraction of sp³-hybridized carbons (Fsp3) is 0.380. The predicted octanol–water partition coefficient (Wildman–Crippen LogP) is 12.6. The van der Waals surface area contributed by atoms with E-state index in [1.165, 1.54) is 38.5 Å². The molecule has 2 atom stereocenters. The van der Waals surface area contributed by atoms with E-state index in [1.807, 2.05) is 78.9 Å². The molecule has 0 aromatic heterocycles. The molecule has 0 N–H and O–H groups in total. The first-order chi connectivity index (χ1) is 28.0. The number of hydrogen-bond donors (Lipinski definition) is 0. The van der Waals surface area contributed by atoms with Crippen LogP contribution in [0.1, 0.15) is 128 Å². The molecular formula is C50H58O7. The summed E-state index contributed by atoms with van der Waals surface area (Å²) < 4.78 is 37.3. The number of ketones is 1. The van der Waals surface area contributed by atoms with E-state index in [-0.39, 0.29) is 17.8 Å². The average molecular weight is 771 g/mol. The number of carbonyl (C=O) groups is 1. The fourth-order valence-corrected chi connectivity index (χ4v) is 7.76. The molecule has 0 unspecified atom stereocenters. The van der Waals surface area contributed by atoms with E-state index in [4.69, 9.17) is 28.4 Å². The Hall–Kier alpha value is -5.43. The molecule has 57 heavy (non-hydrogen) atoms. The quantitative estimate of drug-likeness (QED) is 0.0512. The van der Waals surface area contributed by atoms with Crippen molar-refractivity contribution < 1.29 is 33.2 Å². The number of fused-ring (bicyclic) bond motifs is 1. The lowest BCUT2D eigenvalue weighted by molar-refractivity contribution is 0.0972. The number of carbonyl (C=O) groups excluding carboxylic acids is 1. The van der Waals surface area contributed by atoms with Gasteiger partial charge in [-0.2, -0.15) is 0 Å². The zero-order valence-electron chi connectivity index (χ0n) is 34.1. The third kappa shape index (κ3) is 10.9. The van der Waals surface area contributed by atoms with Gasteiger partial charge in [-0.3, -0.25) is 4.79 Å². The fourth-order valence-electron chi connectivity index (χ4n) is 7.76. The van der Waals surface area contributed by atoms with Gasteiger partial charge in [-0.25, -0.2) is 0 Å². The van der Waals surface area contributed by atoms with Crippen molar-refractivity contribution in [2.24, 2.45) is 0 Å². The van der Waals surface area contributed by atoms with Gasteiger partial charge in [0.1, 0.15) is 59.4 Å². The van der Waals surface area contributed by atoms with Gasteiger partial charge in [0.2, 0.25) is 0 Å². The first-order valence-electron chi connectivity index (χ1n) is 20.6. The van der Waals surface area contributed by atoms with Gasteiger partial charge < -0.3 is 28.4 Å². The lowest BCUT2D eigenvalue weighted by Crippen LogP contribution is -2.22. The Labute approximate surface area is 339 Å². The van der Waals surface area contributed by atoms with Crippen molar-refractivity contribution in [3.8, 4) is 34.5 Å². The van der Waals surface area contributed by atoms with Crippen LogP contribution in [-0.2, 0) is 13.2 Å². The summed E-state index contributed by atoms with van der Waals surface area (Å²) in [6.45, 7) is 3.16. The lowest BCUT2D eigenvalue weighted by atomic mass is 9.80. The van der Waals surface area contributed by atoms with Gasteiger partial charge in [-0.05, 0) is 47.7 Å². The summed E-state index contributed by atoms with van der Waals surface area (Å²) >= 11 is 0. The van der Waals surface area contributed by atoms with Crippen LogP contribution in [0.3, 0.4) is 0 Å². The minimum absolute atomic E-state index is 0.00938. The number of hydrogen-bond acceptors (Lipinski definition) is 7. The number of Topliss-reactive ketones (excluding diaryl/α,β-unsaturated/α-hetero) is 1. The van der Waals surface area contributed by atoms with Gasteiger partial charge in [-0.1, -0.05) is 137 Å². The highest BCUT2D eigenvalue weighted by Gasteiger charge is 2.37. The Morgan fingerprint density at radius 2 is 1.21 bits per heavy atom. The molecular weight excluding hydrogens is 713 g/mol. The van der Waals surface area contributed by atoms with Crippen LogP contribution in [0, 0.1) is 0 Å². The molecule has 1 aliphatic heterocycles. The summed E-state index contributed by atoms with van der Waals surface area (Å²) in [6, 6.07) is 36.2. The Balaban J connectivity index is 1.29. The van der Waals surface area contributed by atoms with Crippen LogP contribution in [0.5, 0.6) is 34.5 Å². The van der Waals surface area contributed by atoms with E-state index in [0.717, 1.165) is 52.8 Å². The molecule has 0 amide bonds. The van der Waals surface area contributed by atoms with E-state index >= 15 is 0 Å². The van der Waals surface area contributed by atoms with Crippen LogP contribution < -0.4 is 28.4 Å². The summed E-state index contributed by atoms with van der Waals surface area (Å²) in [5.41, 5.74) is 5.40. The van der Waals surface area contributed by atoms with Crippen molar-refractivity contribution in [3.63, 3.8) is 0 Å². The van der Waals surface area contributed by atoms with E-state index < -0.39 is 0 Å². The molecule has 7 nitrogen and oxygen atoms in total. The van der Waals surface area contributed by atoms with Crippen molar-refractivity contribution in [2.75, 3.05) is 21.3 Å². The zero-order chi connectivity index (χ0) is 39.8. The Morgan fingerprint density at radius 1 is 0.632 bits per heavy atom. The van der Waals surface area contributed by atoms with Crippen LogP contribution in [0.2, 0.25) is 0 Å². The summed E-state index contributed by atoms with van der Waals surface area (Å²) in [7, 11) is 4.86.